The molecule has 2 rings (SSSR count). The van der Waals surface area contributed by atoms with E-state index in [1.54, 1.807) is 0 Å². The molecule has 0 aliphatic rings. The summed E-state index contributed by atoms with van der Waals surface area (Å²) >= 11 is 0.396. The maximum Gasteiger partial charge on any atom is 0.416 e. The van der Waals surface area contributed by atoms with Crippen molar-refractivity contribution in [2.45, 2.75) is 11.1 Å². The van der Waals surface area contributed by atoms with Crippen molar-refractivity contribution < 1.29 is 31.9 Å². The number of rotatable bonds is 5. The molecule has 0 spiro atoms. The fourth-order valence-electron chi connectivity index (χ4n) is 2.02. The molecule has 27 heavy (non-hydrogen) atoms. The second kappa shape index (κ2) is 8.21. The number of alkyl halides is 3. The molecule has 0 atom stereocenters. The zero-order valence-corrected chi connectivity index (χ0v) is 14.3. The molecule has 0 saturated carbocycles. The third kappa shape index (κ3) is 5.30. The molecule has 0 heterocycles. The topological polar surface area (TPSA) is 89.3 Å². The van der Waals surface area contributed by atoms with Crippen LogP contribution in [0, 0.1) is 5.82 Å². The van der Waals surface area contributed by atoms with Crippen molar-refractivity contribution in [1.29, 1.82) is 0 Å². The largest absolute Gasteiger partial charge is 0.416 e. The van der Waals surface area contributed by atoms with Crippen LogP contribution in [0.2, 0.25) is 0 Å². The molecular formula is C17H12F4N2O3S. The third-order valence-electron chi connectivity index (χ3n) is 3.27. The van der Waals surface area contributed by atoms with Gasteiger partial charge in [0.25, 0.3) is 5.91 Å². The first-order valence-electron chi connectivity index (χ1n) is 7.34. The Morgan fingerprint density at radius 2 is 1.70 bits per heavy atom. The third-order valence-corrected chi connectivity index (χ3v) is 4.25. The van der Waals surface area contributed by atoms with E-state index in [1.807, 2.05) is 0 Å². The highest BCUT2D eigenvalue weighted by molar-refractivity contribution is 8.14. The summed E-state index contributed by atoms with van der Waals surface area (Å²) in [6.45, 7) is -0.436. The van der Waals surface area contributed by atoms with Crippen molar-refractivity contribution in [3.8, 4) is 0 Å². The van der Waals surface area contributed by atoms with Gasteiger partial charge >= 0.3 is 6.18 Å². The Morgan fingerprint density at radius 3 is 2.33 bits per heavy atom. The quantitative estimate of drug-likeness (QED) is 0.597. The van der Waals surface area contributed by atoms with Gasteiger partial charge in [0.15, 0.2) is 0 Å². The van der Waals surface area contributed by atoms with Crippen LogP contribution in [0.5, 0.6) is 0 Å². The molecule has 0 fully saturated rings. The minimum atomic E-state index is -4.74. The fourth-order valence-corrected chi connectivity index (χ4v) is 2.90. The van der Waals surface area contributed by atoms with Crippen LogP contribution in [0.1, 0.15) is 26.3 Å². The van der Waals surface area contributed by atoms with Gasteiger partial charge in [-0.3, -0.25) is 14.4 Å². The number of carbonyl (C=O) groups excluding carboxylic acids is 3. The molecule has 3 N–H and O–H groups in total. The van der Waals surface area contributed by atoms with Crippen molar-refractivity contribution in [3.63, 3.8) is 0 Å². The van der Waals surface area contributed by atoms with Crippen LogP contribution in [0.15, 0.2) is 47.4 Å². The number of nitrogens with one attached hydrogen (secondary N) is 1. The summed E-state index contributed by atoms with van der Waals surface area (Å²) in [5, 5.41) is 1.23. The highest BCUT2D eigenvalue weighted by atomic mass is 32.2. The first-order chi connectivity index (χ1) is 12.6. The second-order valence-corrected chi connectivity index (χ2v) is 6.24. The minimum Gasteiger partial charge on any atom is -0.368 e. The Balaban J connectivity index is 2.29. The monoisotopic (exact) mass is 400 g/mol. The first kappa shape index (κ1) is 20.4. The second-order valence-electron chi connectivity index (χ2n) is 5.23. The lowest BCUT2D eigenvalue weighted by Gasteiger charge is -2.11. The molecule has 142 valence electrons. The molecule has 2 amide bonds. The van der Waals surface area contributed by atoms with Crippen LogP contribution in [0.3, 0.4) is 0 Å². The number of thioether (sulfide) groups is 1. The van der Waals surface area contributed by atoms with Crippen molar-refractivity contribution in [2.24, 2.45) is 5.73 Å². The van der Waals surface area contributed by atoms with Gasteiger partial charge in [-0.15, -0.1) is 0 Å². The summed E-state index contributed by atoms with van der Waals surface area (Å²) in [5.41, 5.74) is 3.00. The molecule has 0 unspecified atom stereocenters. The standard InChI is InChI=1S/C17H12F4N2O3S/c18-12-6-5-9(17(19,20)21)7-11(12)16(26)27-13-4-2-1-3-10(13)15(25)23-8-14(22)24/h1-7H,8H2,(H2,22,24)(H,23,25). The average Bonchev–Trinajstić information content (AvgIpc) is 2.59. The summed E-state index contributed by atoms with van der Waals surface area (Å²) in [6, 6.07) is 7.19. The molecule has 2 aromatic carbocycles. The SMILES string of the molecule is NC(=O)CNC(=O)c1ccccc1SC(=O)c1cc(C(F)(F)F)ccc1F. The number of amides is 2. The van der Waals surface area contributed by atoms with Gasteiger partial charge in [0.1, 0.15) is 5.82 Å². The van der Waals surface area contributed by atoms with Crippen molar-refractivity contribution in [1.82, 2.24) is 5.32 Å². The number of primary amides is 1. The van der Waals surface area contributed by atoms with Gasteiger partial charge in [0, 0.05) is 4.90 Å². The van der Waals surface area contributed by atoms with Crippen molar-refractivity contribution in [3.05, 3.63) is 65.0 Å². The summed E-state index contributed by atoms with van der Waals surface area (Å²) in [4.78, 5) is 35.2. The summed E-state index contributed by atoms with van der Waals surface area (Å²) < 4.78 is 52.2. The van der Waals surface area contributed by atoms with Crippen LogP contribution in [-0.2, 0) is 11.0 Å². The van der Waals surface area contributed by atoms with Crippen LogP contribution < -0.4 is 11.1 Å². The van der Waals surface area contributed by atoms with Gasteiger partial charge in [0.2, 0.25) is 11.0 Å². The van der Waals surface area contributed by atoms with Crippen LogP contribution in [0.4, 0.5) is 17.6 Å². The lowest BCUT2D eigenvalue weighted by Crippen LogP contribution is -2.33. The lowest BCUT2D eigenvalue weighted by molar-refractivity contribution is -0.137. The van der Waals surface area contributed by atoms with Gasteiger partial charge in [-0.1, -0.05) is 12.1 Å². The van der Waals surface area contributed by atoms with E-state index in [0.29, 0.717) is 30.0 Å². The fraction of sp³-hybridized carbons (Fsp3) is 0.118. The molecule has 0 bridgehead atoms. The van der Waals surface area contributed by atoms with Gasteiger partial charge in [-0.2, -0.15) is 13.2 Å². The zero-order chi connectivity index (χ0) is 20.2. The molecule has 0 radical (unpaired) electrons. The molecular weight excluding hydrogens is 388 g/mol. The van der Waals surface area contributed by atoms with E-state index in [9.17, 15) is 31.9 Å². The van der Waals surface area contributed by atoms with E-state index < -0.39 is 46.6 Å². The summed E-state index contributed by atoms with van der Waals surface area (Å²) in [5.74, 6) is -2.61. The summed E-state index contributed by atoms with van der Waals surface area (Å²) in [6.07, 6.45) is -4.74. The van der Waals surface area contributed by atoms with E-state index in [0.717, 1.165) is 0 Å². The van der Waals surface area contributed by atoms with E-state index in [4.69, 9.17) is 5.73 Å². The Hall–Kier alpha value is -2.88. The number of benzene rings is 2. The molecule has 0 aliphatic carbocycles. The lowest BCUT2D eigenvalue weighted by atomic mass is 10.1. The van der Waals surface area contributed by atoms with Crippen LogP contribution in [0.25, 0.3) is 0 Å². The molecule has 5 nitrogen and oxygen atoms in total. The Bertz CT molecular complexity index is 900. The highest BCUT2D eigenvalue weighted by Crippen LogP contribution is 2.33. The smallest absolute Gasteiger partial charge is 0.368 e. The number of hydrogen-bond acceptors (Lipinski definition) is 4. The van der Waals surface area contributed by atoms with Gasteiger partial charge < -0.3 is 11.1 Å². The van der Waals surface area contributed by atoms with Crippen molar-refractivity contribution >= 4 is 28.7 Å². The van der Waals surface area contributed by atoms with E-state index in [2.05, 4.69) is 5.32 Å². The minimum absolute atomic E-state index is 0.00974. The van der Waals surface area contributed by atoms with Crippen LogP contribution >= 0.6 is 11.8 Å². The van der Waals surface area contributed by atoms with E-state index in [-0.39, 0.29) is 10.5 Å². The predicted molar refractivity (Wildman–Crippen MR) is 89.6 cm³/mol. The summed E-state index contributed by atoms with van der Waals surface area (Å²) in [7, 11) is 0. The average molecular weight is 400 g/mol. The Morgan fingerprint density at radius 1 is 1.04 bits per heavy atom. The van der Waals surface area contributed by atoms with E-state index in [1.165, 1.54) is 24.3 Å². The number of halogens is 4. The number of hydrogen-bond donors (Lipinski definition) is 2. The van der Waals surface area contributed by atoms with Gasteiger partial charge in [-0.05, 0) is 42.1 Å². The first-order valence-corrected chi connectivity index (χ1v) is 8.15. The van der Waals surface area contributed by atoms with Crippen molar-refractivity contribution in [2.75, 3.05) is 6.54 Å². The van der Waals surface area contributed by atoms with E-state index >= 15 is 0 Å². The normalized spacial score (nSPS) is 11.1. The molecule has 2 aromatic rings. The Kier molecular flexibility index (Phi) is 6.21. The zero-order valence-electron chi connectivity index (χ0n) is 13.5. The molecule has 0 saturated heterocycles. The Labute approximate surface area is 154 Å². The van der Waals surface area contributed by atoms with Crippen LogP contribution in [-0.4, -0.2) is 23.5 Å². The maximum atomic E-state index is 13.8. The van der Waals surface area contributed by atoms with Gasteiger partial charge in [0.05, 0.1) is 23.2 Å². The molecule has 0 aliphatic heterocycles. The highest BCUT2D eigenvalue weighted by Gasteiger charge is 2.32. The maximum absolute atomic E-state index is 13.8. The number of carbonyl (C=O) groups is 3. The number of nitrogens with two attached hydrogens (primary N) is 1. The predicted octanol–water partition coefficient (Wildman–Crippen LogP) is 2.99. The molecule has 10 heteroatoms. The van der Waals surface area contributed by atoms with Gasteiger partial charge in [-0.25, -0.2) is 4.39 Å². The molecule has 0 aromatic heterocycles.